The van der Waals surface area contributed by atoms with E-state index in [2.05, 4.69) is 123 Å². The topological polar surface area (TPSA) is 22.8 Å². The smallest absolute Gasteiger partial charge is 0.155 e. The third-order valence-electron chi connectivity index (χ3n) is 7.58. The maximum atomic E-state index is 4.93. The lowest BCUT2D eigenvalue weighted by Gasteiger charge is -2.12. The van der Waals surface area contributed by atoms with Crippen LogP contribution in [0, 0.1) is 0 Å². The summed E-state index contributed by atoms with van der Waals surface area (Å²) < 4.78 is 6.82. The molecule has 1 aromatic carbocycles. The largest absolute Gasteiger partial charge is 0.309 e. The summed E-state index contributed by atoms with van der Waals surface area (Å²) in [6, 6.07) is 8.85. The lowest BCUT2D eigenvalue weighted by Crippen LogP contribution is -2.02. The van der Waals surface area contributed by atoms with Crippen LogP contribution in [-0.2, 0) is 0 Å². The van der Waals surface area contributed by atoms with Gasteiger partial charge in [-0.2, -0.15) is 0 Å². The van der Waals surface area contributed by atoms with Gasteiger partial charge in [-0.05, 0) is 76.3 Å². The quantitative estimate of drug-likeness (QED) is 0.161. The number of hydrogen-bond donors (Lipinski definition) is 0. The number of benzene rings is 1. The van der Waals surface area contributed by atoms with Crippen LogP contribution in [0.15, 0.2) is 81.1 Å². The van der Waals surface area contributed by atoms with Crippen molar-refractivity contribution in [1.29, 1.82) is 0 Å². The molecule has 0 unspecified atom stereocenters. The van der Waals surface area contributed by atoms with Crippen LogP contribution in [-0.4, -0.2) is 14.1 Å². The summed E-state index contributed by atoms with van der Waals surface area (Å²) in [4.78, 5) is 4.93. The van der Waals surface area contributed by atoms with Crippen LogP contribution < -0.4 is 0 Å². The molecule has 0 saturated carbocycles. The lowest BCUT2D eigenvalue weighted by atomic mass is 10.1. The minimum Gasteiger partial charge on any atom is -0.309 e. The maximum absolute atomic E-state index is 4.93. The molecule has 0 aliphatic rings. The van der Waals surface area contributed by atoms with Gasteiger partial charge in [0.05, 0.1) is 27.5 Å². The van der Waals surface area contributed by atoms with Gasteiger partial charge in [-0.25, -0.2) is 4.98 Å². The van der Waals surface area contributed by atoms with Crippen molar-refractivity contribution in [2.75, 3.05) is 0 Å². The van der Waals surface area contributed by atoms with Crippen LogP contribution in [0.5, 0.6) is 0 Å². The van der Waals surface area contributed by atoms with Crippen LogP contribution >= 0.6 is 11.3 Å². The first-order valence-electron chi connectivity index (χ1n) is 14.4. The highest BCUT2D eigenvalue weighted by atomic mass is 32.1. The van der Waals surface area contributed by atoms with Crippen LogP contribution in [0.3, 0.4) is 0 Å². The molecule has 3 nitrogen and oxygen atoms in total. The lowest BCUT2D eigenvalue weighted by molar-refractivity contribution is 0.999. The first-order valence-corrected chi connectivity index (χ1v) is 15.2. The maximum Gasteiger partial charge on any atom is 0.155 e. The molecule has 5 rings (SSSR count). The van der Waals surface area contributed by atoms with Crippen LogP contribution in [0.4, 0.5) is 0 Å². The molecule has 43 heavy (non-hydrogen) atoms. The Morgan fingerprint density at radius 1 is 0.605 bits per heavy atom. The number of fused-ring (bicyclic) bond motifs is 3. The van der Waals surface area contributed by atoms with E-state index in [9.17, 15) is 0 Å². The third-order valence-corrected chi connectivity index (χ3v) is 8.76. The molecule has 0 radical (unpaired) electrons. The fourth-order valence-corrected chi connectivity index (χ4v) is 7.09. The van der Waals surface area contributed by atoms with E-state index in [-0.39, 0.29) is 0 Å². The summed E-state index contributed by atoms with van der Waals surface area (Å²) in [7, 11) is 0. The van der Waals surface area contributed by atoms with Crippen molar-refractivity contribution in [3.63, 3.8) is 0 Å². The van der Waals surface area contributed by atoms with Crippen LogP contribution in [0.2, 0.25) is 0 Å². The first kappa shape index (κ1) is 29.6. The average molecular weight is 580 g/mol. The van der Waals surface area contributed by atoms with Crippen molar-refractivity contribution in [2.45, 2.75) is 27.7 Å². The van der Waals surface area contributed by atoms with E-state index in [1.165, 1.54) is 10.1 Å². The molecule has 4 heteroatoms. The van der Waals surface area contributed by atoms with Gasteiger partial charge in [0, 0.05) is 49.6 Å². The van der Waals surface area contributed by atoms with Gasteiger partial charge < -0.3 is 4.57 Å². The van der Waals surface area contributed by atoms with Gasteiger partial charge in [-0.15, -0.1) is 11.3 Å². The molecule has 0 aliphatic carbocycles. The predicted octanol–water partition coefficient (Wildman–Crippen LogP) is 11.7. The molecule has 0 bridgehead atoms. The standard InChI is InChI=1S/C39H37N3S/c1-9-17-30-29(15-7)34(18-10-2)41(36(30)20-12-4)26-21-22-37-32(25-26)31-23-24-40-39(38(31)43-37)42-33(16-8)27(13-5)28(14-6)35(42)19-11-3/h9-25H,5-8H2,1-4H3/b17-9-,18-10-,19-11-,20-12-. The zero-order valence-electron chi connectivity index (χ0n) is 25.4. The van der Waals surface area contributed by atoms with Gasteiger partial charge >= 0.3 is 0 Å². The normalized spacial score (nSPS) is 12.2. The highest BCUT2D eigenvalue weighted by molar-refractivity contribution is 7.26. The first-order chi connectivity index (χ1) is 21.0. The molecule has 4 aromatic heterocycles. The van der Waals surface area contributed by atoms with Crippen molar-refractivity contribution >= 4 is 80.1 Å². The summed E-state index contributed by atoms with van der Waals surface area (Å²) in [5.41, 5.74) is 9.56. The Balaban J connectivity index is 1.86. The van der Waals surface area contributed by atoms with Crippen LogP contribution in [0.25, 0.3) is 80.3 Å². The SMILES string of the molecule is C=Cc1c(C=C)c(/C=C\C)n(-c2nccc3c2sc2ccc(-n4c(/C=C\C)c(C=C)c(/C=C\C)c4/C=C\C)cc23)c1C=C. The fraction of sp³-hybridized carbons (Fsp3) is 0.103. The van der Waals surface area contributed by atoms with Crippen molar-refractivity contribution in [2.24, 2.45) is 0 Å². The molecule has 0 fully saturated rings. The monoisotopic (exact) mass is 579 g/mol. The second-order valence-electron chi connectivity index (χ2n) is 9.98. The van der Waals surface area contributed by atoms with Gasteiger partial charge in [-0.1, -0.05) is 74.9 Å². The van der Waals surface area contributed by atoms with E-state index in [1.54, 1.807) is 11.3 Å². The van der Waals surface area contributed by atoms with E-state index >= 15 is 0 Å². The Morgan fingerprint density at radius 2 is 1.16 bits per heavy atom. The second-order valence-corrected chi connectivity index (χ2v) is 11.0. The molecular weight excluding hydrogens is 543 g/mol. The van der Waals surface area contributed by atoms with Gasteiger partial charge in [0.15, 0.2) is 5.82 Å². The zero-order chi connectivity index (χ0) is 30.7. The third kappa shape index (κ3) is 4.74. The van der Waals surface area contributed by atoms with E-state index in [0.29, 0.717) is 0 Å². The molecule has 4 heterocycles. The van der Waals surface area contributed by atoms with Crippen molar-refractivity contribution < 1.29 is 0 Å². The van der Waals surface area contributed by atoms with Gasteiger partial charge in [0.2, 0.25) is 0 Å². The summed E-state index contributed by atoms with van der Waals surface area (Å²) in [5.74, 6) is 0.869. The molecule has 214 valence electrons. The Bertz CT molecular complexity index is 2030. The predicted molar refractivity (Wildman–Crippen MR) is 195 cm³/mol. The number of thiophene rings is 1. The second kappa shape index (κ2) is 12.5. The van der Waals surface area contributed by atoms with Crippen molar-refractivity contribution in [3.05, 3.63) is 126 Å². The Hall–Kier alpha value is -4.93. The van der Waals surface area contributed by atoms with E-state index in [4.69, 9.17) is 4.98 Å². The fourth-order valence-electron chi connectivity index (χ4n) is 5.93. The number of nitrogens with zero attached hydrogens (tertiary/aromatic N) is 3. The number of aromatic nitrogens is 3. The Kier molecular flexibility index (Phi) is 8.61. The summed E-state index contributed by atoms with van der Waals surface area (Å²) in [6.07, 6.45) is 26.4. The Morgan fingerprint density at radius 3 is 1.74 bits per heavy atom. The molecule has 0 aliphatic heterocycles. The number of rotatable bonds is 10. The van der Waals surface area contributed by atoms with Gasteiger partial charge in [0.1, 0.15) is 0 Å². The Labute approximate surface area is 258 Å². The van der Waals surface area contributed by atoms with E-state index in [1.807, 2.05) is 43.5 Å². The van der Waals surface area contributed by atoms with Crippen molar-refractivity contribution in [1.82, 2.24) is 14.1 Å². The van der Waals surface area contributed by atoms with Gasteiger partial charge in [0.25, 0.3) is 0 Å². The molecule has 0 spiro atoms. The number of pyridine rings is 1. The van der Waals surface area contributed by atoms with Crippen LogP contribution in [0.1, 0.15) is 72.7 Å². The average Bonchev–Trinajstić information content (AvgIpc) is 3.64. The van der Waals surface area contributed by atoms with E-state index in [0.717, 1.165) is 66.6 Å². The number of hydrogen-bond acceptors (Lipinski definition) is 2. The summed E-state index contributed by atoms with van der Waals surface area (Å²) >= 11 is 1.76. The molecule has 0 atom stereocenters. The summed E-state index contributed by atoms with van der Waals surface area (Å²) in [6.45, 7) is 24.7. The molecule has 0 saturated heterocycles. The molecule has 0 N–H and O–H groups in total. The van der Waals surface area contributed by atoms with Gasteiger partial charge in [-0.3, -0.25) is 4.57 Å². The number of allylic oxidation sites excluding steroid dienone is 4. The molecule has 0 amide bonds. The summed E-state index contributed by atoms with van der Waals surface area (Å²) in [5, 5.41) is 2.35. The highest BCUT2D eigenvalue weighted by Crippen LogP contribution is 2.41. The molecular formula is C39H37N3S. The van der Waals surface area contributed by atoms with E-state index < -0.39 is 0 Å². The minimum atomic E-state index is 0.869. The highest BCUT2D eigenvalue weighted by Gasteiger charge is 2.22. The minimum absolute atomic E-state index is 0.869. The van der Waals surface area contributed by atoms with Crippen molar-refractivity contribution in [3.8, 4) is 11.5 Å². The molecule has 5 aromatic rings. The zero-order valence-corrected chi connectivity index (χ0v) is 26.2.